The Hall–Kier alpha value is -2.82. The minimum absolute atomic E-state index is 0.233. The van der Waals surface area contributed by atoms with Crippen LogP contribution in [0.25, 0.3) is 0 Å². The third-order valence-electron chi connectivity index (χ3n) is 3.47. The summed E-state index contributed by atoms with van der Waals surface area (Å²) in [7, 11) is 0. The standard InChI is InChI=1S/C18H20N2O3/c1-13-2-4-14(5-3-13)10-11-19-18(23)20-12-15-6-8-16(9-7-15)17(21)22/h2-9H,10-12H2,1H3,(H,21,22)(H2,19,20,23). The van der Waals surface area contributed by atoms with Gasteiger partial charge in [0.05, 0.1) is 5.56 Å². The number of aromatic carboxylic acids is 1. The topological polar surface area (TPSA) is 78.4 Å². The van der Waals surface area contributed by atoms with Crippen molar-refractivity contribution in [3.63, 3.8) is 0 Å². The minimum Gasteiger partial charge on any atom is -0.478 e. The molecule has 120 valence electrons. The van der Waals surface area contributed by atoms with Crippen LogP contribution in [0.3, 0.4) is 0 Å². The summed E-state index contributed by atoms with van der Waals surface area (Å²) in [5.74, 6) is -0.960. The molecule has 0 fully saturated rings. The quantitative estimate of drug-likeness (QED) is 0.767. The molecule has 0 aliphatic carbocycles. The lowest BCUT2D eigenvalue weighted by atomic mass is 10.1. The number of hydrogen-bond acceptors (Lipinski definition) is 2. The van der Waals surface area contributed by atoms with Crippen LogP contribution in [0.1, 0.15) is 27.0 Å². The number of hydrogen-bond donors (Lipinski definition) is 3. The van der Waals surface area contributed by atoms with Gasteiger partial charge in [0.2, 0.25) is 0 Å². The molecule has 5 nitrogen and oxygen atoms in total. The zero-order valence-corrected chi connectivity index (χ0v) is 13.0. The average Bonchev–Trinajstić information content (AvgIpc) is 2.55. The molecule has 0 bridgehead atoms. The third-order valence-corrected chi connectivity index (χ3v) is 3.47. The monoisotopic (exact) mass is 312 g/mol. The van der Waals surface area contributed by atoms with Gasteiger partial charge >= 0.3 is 12.0 Å². The van der Waals surface area contributed by atoms with Gasteiger partial charge in [0.1, 0.15) is 0 Å². The van der Waals surface area contributed by atoms with E-state index in [1.54, 1.807) is 12.1 Å². The fourth-order valence-corrected chi connectivity index (χ4v) is 2.09. The SMILES string of the molecule is Cc1ccc(CCNC(=O)NCc2ccc(C(=O)O)cc2)cc1. The molecule has 0 radical (unpaired) electrons. The van der Waals surface area contributed by atoms with Crippen LogP contribution in [-0.4, -0.2) is 23.7 Å². The number of amides is 2. The number of nitrogens with one attached hydrogen (secondary N) is 2. The first kappa shape index (κ1) is 16.5. The smallest absolute Gasteiger partial charge is 0.335 e. The summed E-state index contributed by atoms with van der Waals surface area (Å²) in [6, 6.07) is 14.4. The van der Waals surface area contributed by atoms with Crippen molar-refractivity contribution in [1.29, 1.82) is 0 Å². The van der Waals surface area contributed by atoms with E-state index in [-0.39, 0.29) is 11.6 Å². The van der Waals surface area contributed by atoms with Gasteiger partial charge in [-0.15, -0.1) is 0 Å². The van der Waals surface area contributed by atoms with Crippen molar-refractivity contribution in [3.8, 4) is 0 Å². The van der Waals surface area contributed by atoms with Crippen LogP contribution in [-0.2, 0) is 13.0 Å². The van der Waals surface area contributed by atoms with Crippen LogP contribution in [0, 0.1) is 6.92 Å². The maximum atomic E-state index is 11.7. The van der Waals surface area contributed by atoms with Crippen molar-refractivity contribution in [2.75, 3.05) is 6.54 Å². The van der Waals surface area contributed by atoms with Gasteiger partial charge in [0.25, 0.3) is 0 Å². The maximum Gasteiger partial charge on any atom is 0.335 e. The summed E-state index contributed by atoms with van der Waals surface area (Å²) in [6.45, 7) is 2.96. The molecular formula is C18H20N2O3. The number of aryl methyl sites for hydroxylation is 1. The molecule has 0 atom stereocenters. The zero-order chi connectivity index (χ0) is 16.7. The Balaban J connectivity index is 1.70. The van der Waals surface area contributed by atoms with Crippen molar-refractivity contribution >= 4 is 12.0 Å². The van der Waals surface area contributed by atoms with Crippen molar-refractivity contribution in [3.05, 3.63) is 70.8 Å². The van der Waals surface area contributed by atoms with Crippen LogP contribution in [0.15, 0.2) is 48.5 Å². The van der Waals surface area contributed by atoms with Crippen LogP contribution in [0.5, 0.6) is 0 Å². The predicted molar refractivity (Wildman–Crippen MR) is 88.5 cm³/mol. The minimum atomic E-state index is -0.960. The Morgan fingerprint density at radius 2 is 1.52 bits per heavy atom. The Labute approximate surface area is 135 Å². The summed E-state index contributed by atoms with van der Waals surface area (Å²) in [6.07, 6.45) is 0.779. The van der Waals surface area contributed by atoms with Crippen LogP contribution in [0.2, 0.25) is 0 Å². The van der Waals surface area contributed by atoms with Crippen molar-refractivity contribution < 1.29 is 14.7 Å². The second-order valence-corrected chi connectivity index (χ2v) is 5.35. The zero-order valence-electron chi connectivity index (χ0n) is 13.0. The van der Waals surface area contributed by atoms with Crippen LogP contribution < -0.4 is 10.6 Å². The summed E-state index contributed by atoms with van der Waals surface area (Å²) in [5, 5.41) is 14.4. The Kier molecular flexibility index (Phi) is 5.74. The first-order valence-corrected chi connectivity index (χ1v) is 7.44. The molecule has 0 saturated heterocycles. The number of carboxylic acid groups (broad SMARTS) is 1. The van der Waals surface area contributed by atoms with E-state index >= 15 is 0 Å². The highest BCUT2D eigenvalue weighted by Gasteiger charge is 2.03. The summed E-state index contributed by atoms with van der Waals surface area (Å²) >= 11 is 0. The molecule has 0 spiro atoms. The Morgan fingerprint density at radius 3 is 2.13 bits per heavy atom. The molecule has 0 heterocycles. The molecule has 2 aromatic rings. The molecule has 3 N–H and O–H groups in total. The van der Waals surface area contributed by atoms with Crippen molar-refractivity contribution in [2.24, 2.45) is 0 Å². The number of carboxylic acids is 1. The van der Waals surface area contributed by atoms with Gasteiger partial charge in [0.15, 0.2) is 0 Å². The largest absolute Gasteiger partial charge is 0.478 e. The van der Waals surface area contributed by atoms with E-state index in [4.69, 9.17) is 5.11 Å². The Morgan fingerprint density at radius 1 is 0.913 bits per heavy atom. The Bertz CT molecular complexity index is 664. The number of urea groups is 1. The highest BCUT2D eigenvalue weighted by atomic mass is 16.4. The molecule has 23 heavy (non-hydrogen) atoms. The van der Waals surface area contributed by atoms with Gasteiger partial charge < -0.3 is 15.7 Å². The third kappa shape index (κ3) is 5.47. The molecule has 0 aliphatic rings. The van der Waals surface area contributed by atoms with E-state index in [1.807, 2.05) is 6.92 Å². The van der Waals surface area contributed by atoms with Gasteiger partial charge in [0, 0.05) is 13.1 Å². The molecule has 0 aliphatic heterocycles. The summed E-state index contributed by atoms with van der Waals surface area (Å²) < 4.78 is 0. The van der Waals surface area contributed by atoms with E-state index in [0.717, 1.165) is 12.0 Å². The number of carbonyl (C=O) groups is 2. The van der Waals surface area contributed by atoms with Gasteiger partial charge in [-0.3, -0.25) is 0 Å². The summed E-state index contributed by atoms with van der Waals surface area (Å²) in [4.78, 5) is 22.5. The van der Waals surface area contributed by atoms with E-state index < -0.39 is 5.97 Å². The van der Waals surface area contributed by atoms with E-state index in [1.165, 1.54) is 23.3 Å². The molecular weight excluding hydrogens is 292 g/mol. The predicted octanol–water partition coefficient (Wildman–Crippen LogP) is 2.74. The van der Waals surface area contributed by atoms with Crippen LogP contribution in [0.4, 0.5) is 4.79 Å². The first-order valence-electron chi connectivity index (χ1n) is 7.44. The van der Waals surface area contributed by atoms with Crippen LogP contribution >= 0.6 is 0 Å². The van der Waals surface area contributed by atoms with E-state index in [0.29, 0.717) is 13.1 Å². The van der Waals surface area contributed by atoms with Gasteiger partial charge in [-0.1, -0.05) is 42.0 Å². The van der Waals surface area contributed by atoms with Crippen molar-refractivity contribution in [2.45, 2.75) is 19.9 Å². The highest BCUT2D eigenvalue weighted by Crippen LogP contribution is 2.04. The second-order valence-electron chi connectivity index (χ2n) is 5.35. The van der Waals surface area contributed by atoms with Gasteiger partial charge in [-0.05, 0) is 36.6 Å². The fraction of sp³-hybridized carbons (Fsp3) is 0.222. The number of benzene rings is 2. The normalized spacial score (nSPS) is 10.1. The molecule has 0 aromatic heterocycles. The van der Waals surface area contributed by atoms with E-state index in [2.05, 4.69) is 34.9 Å². The number of carbonyl (C=O) groups excluding carboxylic acids is 1. The summed E-state index contributed by atoms with van der Waals surface area (Å²) in [5.41, 5.74) is 3.48. The maximum absolute atomic E-state index is 11.7. The lowest BCUT2D eigenvalue weighted by Gasteiger charge is -2.08. The average molecular weight is 312 g/mol. The lowest BCUT2D eigenvalue weighted by Crippen LogP contribution is -2.36. The van der Waals surface area contributed by atoms with Gasteiger partial charge in [-0.2, -0.15) is 0 Å². The lowest BCUT2D eigenvalue weighted by molar-refractivity contribution is 0.0697. The molecule has 0 saturated carbocycles. The molecule has 0 unspecified atom stereocenters. The molecule has 2 rings (SSSR count). The molecule has 2 amide bonds. The molecule has 2 aromatic carbocycles. The molecule has 5 heteroatoms. The first-order chi connectivity index (χ1) is 11.0. The highest BCUT2D eigenvalue weighted by molar-refractivity contribution is 5.87. The number of rotatable bonds is 6. The van der Waals surface area contributed by atoms with E-state index in [9.17, 15) is 9.59 Å². The van der Waals surface area contributed by atoms with Crippen molar-refractivity contribution in [1.82, 2.24) is 10.6 Å². The van der Waals surface area contributed by atoms with Gasteiger partial charge in [-0.25, -0.2) is 9.59 Å². The fourth-order valence-electron chi connectivity index (χ4n) is 2.09. The second kappa shape index (κ2) is 7.98.